The smallest absolute Gasteiger partial charge is 0.318 e. The number of carbonyl (C=O) groups excluding carboxylic acids is 2. The molecule has 1 saturated heterocycles. The van der Waals surface area contributed by atoms with E-state index >= 15 is 0 Å². The van der Waals surface area contributed by atoms with E-state index in [4.69, 9.17) is 21.1 Å². The molecular formula is C24H31ClN6O4S. The molecule has 0 spiro atoms. The topological polar surface area (TPSA) is 109 Å². The Labute approximate surface area is 220 Å². The highest BCUT2D eigenvalue weighted by Gasteiger charge is 2.30. The van der Waals surface area contributed by atoms with Crippen LogP contribution >= 0.6 is 23.4 Å². The van der Waals surface area contributed by atoms with Gasteiger partial charge in [-0.3, -0.25) is 4.79 Å². The Morgan fingerprint density at radius 1 is 1.17 bits per heavy atom. The van der Waals surface area contributed by atoms with E-state index in [0.717, 1.165) is 5.56 Å². The lowest BCUT2D eigenvalue weighted by atomic mass is 10.1. The zero-order chi connectivity index (χ0) is 25.9. The maximum absolute atomic E-state index is 12.6. The summed E-state index contributed by atoms with van der Waals surface area (Å²) in [7, 11) is 0. The molecule has 1 aromatic carbocycles. The molecule has 0 unspecified atom stereocenters. The Bertz CT molecular complexity index is 1130. The number of nitrogens with zero attached hydrogens (tertiary/aromatic N) is 4. The number of urea groups is 1. The van der Waals surface area contributed by atoms with Gasteiger partial charge in [0.2, 0.25) is 12.7 Å². The minimum absolute atomic E-state index is 0.00657. The number of fused-ring (bicyclic) bond motifs is 1. The molecule has 4 rings (SSSR count). The first-order chi connectivity index (χ1) is 17.1. The van der Waals surface area contributed by atoms with Gasteiger partial charge in [-0.1, -0.05) is 29.4 Å². The van der Waals surface area contributed by atoms with Gasteiger partial charge in [0.15, 0.2) is 16.7 Å². The first-order valence-corrected chi connectivity index (χ1v) is 13.1. The van der Waals surface area contributed by atoms with Crippen LogP contribution in [0.1, 0.15) is 33.3 Å². The fourth-order valence-electron chi connectivity index (χ4n) is 3.90. The van der Waals surface area contributed by atoms with Crippen LogP contribution in [0.25, 0.3) is 0 Å². The number of ether oxygens (including phenoxy) is 2. The highest BCUT2D eigenvalue weighted by molar-refractivity contribution is 7.99. The molecule has 2 aliphatic heterocycles. The summed E-state index contributed by atoms with van der Waals surface area (Å²) in [6.45, 7) is 10.3. The number of rotatable bonds is 6. The molecule has 1 aromatic heterocycles. The van der Waals surface area contributed by atoms with Gasteiger partial charge in [-0.15, -0.1) is 0 Å². The maximum Gasteiger partial charge on any atom is 0.318 e. The molecule has 1 fully saturated rings. The van der Waals surface area contributed by atoms with Gasteiger partial charge < -0.3 is 29.9 Å². The zero-order valence-corrected chi connectivity index (χ0v) is 22.4. The minimum atomic E-state index is -0.295. The predicted molar refractivity (Wildman–Crippen MR) is 139 cm³/mol. The van der Waals surface area contributed by atoms with E-state index in [2.05, 4.69) is 25.5 Å². The van der Waals surface area contributed by atoms with Crippen molar-refractivity contribution in [3.05, 3.63) is 35.0 Å². The molecule has 0 bridgehead atoms. The first-order valence-electron chi connectivity index (χ1n) is 11.7. The number of anilines is 1. The lowest BCUT2D eigenvalue weighted by molar-refractivity contribution is -0.118. The van der Waals surface area contributed by atoms with Crippen molar-refractivity contribution in [2.45, 2.75) is 51.0 Å². The average molecular weight is 535 g/mol. The number of carbonyl (C=O) groups is 2. The molecule has 0 aliphatic carbocycles. The van der Waals surface area contributed by atoms with Crippen molar-refractivity contribution >= 4 is 41.1 Å². The van der Waals surface area contributed by atoms with Gasteiger partial charge >= 0.3 is 6.03 Å². The van der Waals surface area contributed by atoms with Crippen LogP contribution in [0.5, 0.6) is 11.5 Å². The fraction of sp³-hybridized carbons (Fsp3) is 0.500. The van der Waals surface area contributed by atoms with Gasteiger partial charge in [0.25, 0.3) is 0 Å². The van der Waals surface area contributed by atoms with Crippen LogP contribution in [-0.4, -0.2) is 70.6 Å². The second-order valence-corrected chi connectivity index (χ2v) is 11.1. The van der Waals surface area contributed by atoms with E-state index < -0.39 is 0 Å². The minimum Gasteiger partial charge on any atom is -0.454 e. The maximum atomic E-state index is 12.6. The SMILES string of the molecule is C[C@H]1CN(c2cc(Cl)nc(SCC(=O)NCc3ccc4c(c3)OCO4)n2)CCN1C(=O)NC(C)(C)C. The van der Waals surface area contributed by atoms with E-state index in [1.807, 2.05) is 50.8 Å². The Morgan fingerprint density at radius 2 is 1.94 bits per heavy atom. The number of piperazine rings is 1. The van der Waals surface area contributed by atoms with Crippen LogP contribution in [-0.2, 0) is 11.3 Å². The molecule has 10 nitrogen and oxygen atoms in total. The third-order valence-electron chi connectivity index (χ3n) is 5.61. The molecule has 12 heteroatoms. The van der Waals surface area contributed by atoms with Gasteiger partial charge in [0, 0.05) is 43.8 Å². The molecule has 3 heterocycles. The van der Waals surface area contributed by atoms with E-state index in [1.165, 1.54) is 11.8 Å². The number of halogens is 1. The summed E-state index contributed by atoms with van der Waals surface area (Å²) in [5, 5.41) is 6.65. The highest BCUT2D eigenvalue weighted by Crippen LogP contribution is 2.32. The van der Waals surface area contributed by atoms with E-state index in [-0.39, 0.29) is 36.1 Å². The summed E-state index contributed by atoms with van der Waals surface area (Å²) in [5.41, 5.74) is 0.625. The van der Waals surface area contributed by atoms with Crippen molar-refractivity contribution in [2.75, 3.05) is 37.1 Å². The number of thioether (sulfide) groups is 1. The molecular weight excluding hydrogens is 504 g/mol. The largest absolute Gasteiger partial charge is 0.454 e. The molecule has 36 heavy (non-hydrogen) atoms. The van der Waals surface area contributed by atoms with Gasteiger partial charge in [-0.25, -0.2) is 14.8 Å². The number of amides is 3. The van der Waals surface area contributed by atoms with E-state index in [1.54, 1.807) is 6.07 Å². The van der Waals surface area contributed by atoms with Crippen molar-refractivity contribution in [1.29, 1.82) is 0 Å². The molecule has 194 valence electrons. The number of benzene rings is 1. The number of nitrogens with one attached hydrogen (secondary N) is 2. The molecule has 3 amide bonds. The van der Waals surface area contributed by atoms with Gasteiger partial charge in [-0.2, -0.15) is 0 Å². The van der Waals surface area contributed by atoms with Crippen LogP contribution in [0.4, 0.5) is 10.6 Å². The lowest BCUT2D eigenvalue weighted by Gasteiger charge is -2.41. The standard InChI is InChI=1S/C24H31ClN6O4S/c1-15-12-30(7-8-31(15)23(33)29-24(2,3)4)20-10-19(25)27-22(28-20)36-13-21(32)26-11-16-5-6-17-18(9-16)35-14-34-17/h5-6,9-10,15H,7-8,11-14H2,1-4H3,(H,26,32)(H,29,33)/t15-/m0/s1. The van der Waals surface area contributed by atoms with Crippen LogP contribution < -0.4 is 25.0 Å². The van der Waals surface area contributed by atoms with Gasteiger partial charge in [0.05, 0.1) is 5.75 Å². The van der Waals surface area contributed by atoms with Crippen LogP contribution in [0, 0.1) is 0 Å². The average Bonchev–Trinajstić information content (AvgIpc) is 3.28. The summed E-state index contributed by atoms with van der Waals surface area (Å²) in [4.78, 5) is 37.8. The van der Waals surface area contributed by atoms with Gasteiger partial charge in [0.1, 0.15) is 11.0 Å². The molecule has 2 aromatic rings. The second-order valence-electron chi connectivity index (χ2n) is 9.75. The van der Waals surface area contributed by atoms with Crippen molar-refractivity contribution in [3.8, 4) is 11.5 Å². The van der Waals surface area contributed by atoms with Crippen LogP contribution in [0.3, 0.4) is 0 Å². The van der Waals surface area contributed by atoms with Crippen molar-refractivity contribution < 1.29 is 19.1 Å². The van der Waals surface area contributed by atoms with Crippen LogP contribution in [0.2, 0.25) is 5.15 Å². The Balaban J connectivity index is 1.30. The molecule has 0 radical (unpaired) electrons. The zero-order valence-electron chi connectivity index (χ0n) is 20.8. The first kappa shape index (κ1) is 26.2. The van der Waals surface area contributed by atoms with Crippen molar-refractivity contribution in [1.82, 2.24) is 25.5 Å². The Morgan fingerprint density at radius 3 is 2.69 bits per heavy atom. The Kier molecular flexibility index (Phi) is 7.99. The van der Waals surface area contributed by atoms with E-state index in [0.29, 0.717) is 53.8 Å². The van der Waals surface area contributed by atoms with E-state index in [9.17, 15) is 9.59 Å². The molecule has 2 aliphatic rings. The lowest BCUT2D eigenvalue weighted by Crippen LogP contribution is -2.59. The normalized spacial score (nSPS) is 17.2. The van der Waals surface area contributed by atoms with Gasteiger partial charge in [-0.05, 0) is 45.4 Å². The monoisotopic (exact) mass is 534 g/mol. The fourth-order valence-corrected chi connectivity index (χ4v) is 4.82. The molecule has 2 N–H and O–H groups in total. The quantitative estimate of drug-likeness (QED) is 0.330. The van der Waals surface area contributed by atoms with Crippen LogP contribution in [0.15, 0.2) is 29.4 Å². The number of hydrogen-bond donors (Lipinski definition) is 2. The summed E-state index contributed by atoms with van der Waals surface area (Å²) in [6.07, 6.45) is 0. The molecule has 1 atom stereocenters. The number of aromatic nitrogens is 2. The summed E-state index contributed by atoms with van der Waals surface area (Å²) in [5.74, 6) is 2.08. The third-order valence-corrected chi connectivity index (χ3v) is 6.66. The summed E-state index contributed by atoms with van der Waals surface area (Å²) in [6, 6.07) is 7.21. The second kappa shape index (κ2) is 11.0. The Hall–Kier alpha value is -2.92. The summed E-state index contributed by atoms with van der Waals surface area (Å²) < 4.78 is 10.7. The highest BCUT2D eigenvalue weighted by atomic mass is 35.5. The predicted octanol–water partition coefficient (Wildman–Crippen LogP) is 3.29. The molecule has 0 saturated carbocycles. The summed E-state index contributed by atoms with van der Waals surface area (Å²) >= 11 is 7.50. The van der Waals surface area contributed by atoms with Crippen molar-refractivity contribution in [3.63, 3.8) is 0 Å². The third kappa shape index (κ3) is 6.85. The number of hydrogen-bond acceptors (Lipinski definition) is 8. The van der Waals surface area contributed by atoms with Crippen molar-refractivity contribution in [2.24, 2.45) is 0 Å².